The molecule has 1 aliphatic heterocycles. The Hall–Kier alpha value is -2.68. The minimum absolute atomic E-state index is 0.129. The van der Waals surface area contributed by atoms with Crippen LogP contribution in [0.1, 0.15) is 25.7 Å². The van der Waals surface area contributed by atoms with Crippen LogP contribution in [0.2, 0.25) is 0 Å². The highest BCUT2D eigenvalue weighted by Gasteiger charge is 2.28. The average molecular weight is 351 g/mol. The van der Waals surface area contributed by atoms with Crippen LogP contribution in [0.5, 0.6) is 5.75 Å². The van der Waals surface area contributed by atoms with Crippen molar-refractivity contribution in [2.24, 2.45) is 0 Å². The third-order valence-electron chi connectivity index (χ3n) is 4.19. The number of amides is 1. The molecule has 2 N–H and O–H groups in total. The number of hydrogen-bond donors (Lipinski definition) is 2. The van der Waals surface area contributed by atoms with Crippen LogP contribution in [0.3, 0.4) is 0 Å². The van der Waals surface area contributed by atoms with Gasteiger partial charge in [0, 0.05) is 19.0 Å². The van der Waals surface area contributed by atoms with Crippen molar-refractivity contribution in [3.8, 4) is 5.75 Å². The maximum Gasteiger partial charge on any atom is 0.320 e. The molecule has 9 heteroatoms. The molecule has 1 amide bonds. The molecule has 25 heavy (non-hydrogen) atoms. The molecule has 0 saturated carbocycles. The van der Waals surface area contributed by atoms with Gasteiger partial charge in [-0.2, -0.15) is 0 Å². The summed E-state index contributed by atoms with van der Waals surface area (Å²) in [6.45, 7) is 1.00. The number of non-ortho nitro benzene ring substituents is 1. The molecular weight excluding hydrogens is 330 g/mol. The number of carbonyl (C=O) groups excluding carboxylic acids is 1. The number of ether oxygens (including phenoxy) is 1. The summed E-state index contributed by atoms with van der Waals surface area (Å²) in [5, 5.41) is 22.7. The maximum absolute atomic E-state index is 12.1. The Morgan fingerprint density at radius 1 is 1.44 bits per heavy atom. The van der Waals surface area contributed by atoms with Gasteiger partial charge < -0.3 is 15.2 Å². The third kappa shape index (κ3) is 4.90. The van der Waals surface area contributed by atoms with E-state index in [0.29, 0.717) is 25.2 Å². The minimum Gasteiger partial charge on any atom is -0.494 e. The third-order valence-corrected chi connectivity index (χ3v) is 4.19. The lowest BCUT2D eigenvalue weighted by molar-refractivity contribution is -0.384. The zero-order valence-corrected chi connectivity index (χ0v) is 13.9. The SMILES string of the molecule is COc1cc([N+](=O)[O-])ccc1NC(=O)CCN1CCCCC1C(=O)O. The summed E-state index contributed by atoms with van der Waals surface area (Å²) in [7, 11) is 1.36. The van der Waals surface area contributed by atoms with Crippen LogP contribution in [0.15, 0.2) is 18.2 Å². The summed E-state index contributed by atoms with van der Waals surface area (Å²) in [6.07, 6.45) is 2.51. The fourth-order valence-electron chi connectivity index (χ4n) is 2.89. The molecule has 1 saturated heterocycles. The number of nitrogens with zero attached hydrogens (tertiary/aromatic N) is 2. The van der Waals surface area contributed by atoms with E-state index in [0.717, 1.165) is 12.8 Å². The molecule has 136 valence electrons. The van der Waals surface area contributed by atoms with Crippen LogP contribution in [0, 0.1) is 10.1 Å². The van der Waals surface area contributed by atoms with Gasteiger partial charge in [0.2, 0.25) is 5.91 Å². The van der Waals surface area contributed by atoms with Crippen molar-refractivity contribution in [3.63, 3.8) is 0 Å². The minimum atomic E-state index is -0.864. The molecule has 1 fully saturated rings. The number of carboxylic acid groups (broad SMARTS) is 1. The molecule has 1 aliphatic rings. The number of carboxylic acids is 1. The Balaban J connectivity index is 1.96. The number of carbonyl (C=O) groups is 2. The second kappa shape index (κ2) is 8.43. The maximum atomic E-state index is 12.1. The van der Waals surface area contributed by atoms with Crippen molar-refractivity contribution in [3.05, 3.63) is 28.3 Å². The predicted molar refractivity (Wildman–Crippen MR) is 89.7 cm³/mol. The summed E-state index contributed by atoms with van der Waals surface area (Å²) >= 11 is 0. The first-order chi connectivity index (χ1) is 11.9. The van der Waals surface area contributed by atoms with Crippen LogP contribution in [-0.2, 0) is 9.59 Å². The molecule has 0 radical (unpaired) electrons. The van der Waals surface area contributed by atoms with Gasteiger partial charge in [-0.05, 0) is 25.5 Å². The highest BCUT2D eigenvalue weighted by atomic mass is 16.6. The van der Waals surface area contributed by atoms with Gasteiger partial charge in [0.05, 0.1) is 23.8 Å². The average Bonchev–Trinajstić information content (AvgIpc) is 2.60. The zero-order valence-electron chi connectivity index (χ0n) is 13.9. The molecule has 1 aromatic rings. The predicted octanol–water partition coefficient (Wildman–Crippen LogP) is 1.87. The Labute approximate surface area is 144 Å². The molecule has 0 aliphatic carbocycles. The normalized spacial score (nSPS) is 17.7. The molecule has 1 atom stereocenters. The number of benzene rings is 1. The van der Waals surface area contributed by atoms with Gasteiger partial charge in [0.15, 0.2) is 0 Å². The second-order valence-corrected chi connectivity index (χ2v) is 5.83. The van der Waals surface area contributed by atoms with Crippen molar-refractivity contribution in [2.75, 3.05) is 25.5 Å². The number of likely N-dealkylation sites (tertiary alicyclic amines) is 1. The first kappa shape index (κ1) is 18.7. The van der Waals surface area contributed by atoms with Gasteiger partial charge in [-0.1, -0.05) is 6.42 Å². The summed E-state index contributed by atoms with van der Waals surface area (Å²) in [4.78, 5) is 35.4. The first-order valence-corrected chi connectivity index (χ1v) is 8.01. The van der Waals surface area contributed by atoms with Gasteiger partial charge in [-0.3, -0.25) is 24.6 Å². The van der Waals surface area contributed by atoms with E-state index in [-0.39, 0.29) is 23.8 Å². The Morgan fingerprint density at radius 3 is 2.84 bits per heavy atom. The lowest BCUT2D eigenvalue weighted by Gasteiger charge is -2.32. The van der Waals surface area contributed by atoms with Crippen molar-refractivity contribution < 1.29 is 24.4 Å². The number of rotatable bonds is 7. The second-order valence-electron chi connectivity index (χ2n) is 5.83. The fourth-order valence-corrected chi connectivity index (χ4v) is 2.89. The van der Waals surface area contributed by atoms with Crippen molar-refractivity contribution in [2.45, 2.75) is 31.7 Å². The largest absolute Gasteiger partial charge is 0.494 e. The number of nitro benzene ring substituents is 1. The van der Waals surface area contributed by atoms with Gasteiger partial charge in [0.25, 0.3) is 5.69 Å². The molecule has 1 heterocycles. The number of aliphatic carboxylic acids is 1. The van der Waals surface area contributed by atoms with E-state index in [4.69, 9.17) is 4.74 Å². The lowest BCUT2D eigenvalue weighted by Crippen LogP contribution is -2.45. The van der Waals surface area contributed by atoms with Gasteiger partial charge in [-0.25, -0.2) is 0 Å². The lowest BCUT2D eigenvalue weighted by atomic mass is 10.0. The molecular formula is C16H21N3O6. The van der Waals surface area contributed by atoms with Crippen LogP contribution < -0.4 is 10.1 Å². The monoisotopic (exact) mass is 351 g/mol. The quantitative estimate of drug-likeness (QED) is 0.568. The van der Waals surface area contributed by atoms with Crippen LogP contribution >= 0.6 is 0 Å². The highest BCUT2D eigenvalue weighted by Crippen LogP contribution is 2.29. The van der Waals surface area contributed by atoms with Crippen molar-refractivity contribution >= 4 is 23.3 Å². The van der Waals surface area contributed by atoms with Crippen LogP contribution in [0.4, 0.5) is 11.4 Å². The summed E-state index contributed by atoms with van der Waals surface area (Å²) in [5.74, 6) is -0.969. The molecule has 1 unspecified atom stereocenters. The number of hydrogen-bond acceptors (Lipinski definition) is 6. The molecule has 1 aromatic carbocycles. The molecule has 0 aromatic heterocycles. The van der Waals surface area contributed by atoms with E-state index in [1.54, 1.807) is 4.90 Å². The number of nitrogens with one attached hydrogen (secondary N) is 1. The highest BCUT2D eigenvalue weighted by molar-refractivity contribution is 5.92. The standard InChI is InChI=1S/C16H21N3O6/c1-25-14-10-11(19(23)24)5-6-12(14)17-15(20)7-9-18-8-3-2-4-13(18)16(21)22/h5-6,10,13H,2-4,7-9H2,1H3,(H,17,20)(H,21,22). The molecule has 0 spiro atoms. The van der Waals surface area contributed by atoms with E-state index >= 15 is 0 Å². The van der Waals surface area contributed by atoms with Gasteiger partial charge in [-0.15, -0.1) is 0 Å². The van der Waals surface area contributed by atoms with Crippen LogP contribution in [0.25, 0.3) is 0 Å². The number of anilines is 1. The van der Waals surface area contributed by atoms with Gasteiger partial charge >= 0.3 is 5.97 Å². The summed E-state index contributed by atoms with van der Waals surface area (Å²) in [6, 6.07) is 3.38. The molecule has 2 rings (SSSR count). The summed E-state index contributed by atoms with van der Waals surface area (Å²) in [5.41, 5.74) is 0.207. The first-order valence-electron chi connectivity index (χ1n) is 8.01. The molecule has 9 nitrogen and oxygen atoms in total. The topological polar surface area (TPSA) is 122 Å². The Morgan fingerprint density at radius 2 is 2.20 bits per heavy atom. The van der Waals surface area contributed by atoms with Crippen molar-refractivity contribution in [1.29, 1.82) is 0 Å². The molecule has 0 bridgehead atoms. The van der Waals surface area contributed by atoms with Crippen molar-refractivity contribution in [1.82, 2.24) is 4.90 Å². The Bertz CT molecular complexity index is 663. The van der Waals surface area contributed by atoms with Gasteiger partial charge in [0.1, 0.15) is 11.8 Å². The number of methoxy groups -OCH3 is 1. The van der Waals surface area contributed by atoms with E-state index < -0.39 is 16.9 Å². The van der Waals surface area contributed by atoms with E-state index in [1.165, 1.54) is 25.3 Å². The van der Waals surface area contributed by atoms with E-state index in [1.807, 2.05) is 0 Å². The number of piperidine rings is 1. The fraction of sp³-hybridized carbons (Fsp3) is 0.500. The summed E-state index contributed by atoms with van der Waals surface area (Å²) < 4.78 is 5.07. The smallest absolute Gasteiger partial charge is 0.320 e. The van der Waals surface area contributed by atoms with E-state index in [9.17, 15) is 24.8 Å². The number of nitro groups is 1. The van der Waals surface area contributed by atoms with Crippen LogP contribution in [-0.4, -0.2) is 53.0 Å². The zero-order chi connectivity index (χ0) is 18.4. The van der Waals surface area contributed by atoms with E-state index in [2.05, 4.69) is 5.32 Å². The Kier molecular flexibility index (Phi) is 6.29.